The van der Waals surface area contributed by atoms with Gasteiger partial charge in [0.25, 0.3) is 0 Å². The van der Waals surface area contributed by atoms with Crippen LogP contribution >= 0.6 is 0 Å². The van der Waals surface area contributed by atoms with Crippen molar-refractivity contribution in [3.8, 4) is 44.8 Å². The van der Waals surface area contributed by atoms with Gasteiger partial charge in [0.05, 0.1) is 0 Å². The van der Waals surface area contributed by atoms with E-state index < -0.39 is 0 Å². The summed E-state index contributed by atoms with van der Waals surface area (Å²) in [5.74, 6) is 0. The van der Waals surface area contributed by atoms with Gasteiger partial charge < -0.3 is 9.13 Å². The Balaban J connectivity index is 1.34. The normalized spacial score (nSPS) is 11.7. The van der Waals surface area contributed by atoms with Crippen LogP contribution in [-0.2, 0) is 0 Å². The molecule has 2 nitrogen and oxygen atoms in total. The fourth-order valence-corrected chi connectivity index (χ4v) is 9.30. The molecule has 0 aliphatic rings. The topological polar surface area (TPSA) is 9.86 Å². The summed E-state index contributed by atoms with van der Waals surface area (Å²) < 4.78 is 3.80. The first-order valence-electron chi connectivity index (χ1n) is 19.9. The Labute approximate surface area is 383 Å². The van der Waals surface area contributed by atoms with Gasteiger partial charge in [-0.25, -0.2) is 0 Å². The molecule has 10 aromatic rings. The van der Waals surface area contributed by atoms with Gasteiger partial charge in [0.1, 0.15) is 102 Å². The second-order valence-corrected chi connectivity index (χ2v) is 15.8. The van der Waals surface area contributed by atoms with Crippen molar-refractivity contribution < 1.29 is 0 Å². The number of para-hydroxylation sites is 1. The van der Waals surface area contributed by atoms with Gasteiger partial charge in [0, 0.05) is 44.2 Å². The largest absolute Gasteiger partial charge is 0.311 e. The van der Waals surface area contributed by atoms with E-state index in [1.54, 1.807) is 24.3 Å². The molecule has 8 aromatic carbocycles. The first-order chi connectivity index (χ1) is 30.2. The van der Waals surface area contributed by atoms with E-state index in [0.717, 1.165) is 16.8 Å². The van der Waals surface area contributed by atoms with Crippen molar-refractivity contribution in [3.05, 3.63) is 115 Å². The number of aromatic nitrogens is 2. The molecule has 0 atom stereocenters. The third-order valence-corrected chi connectivity index (χ3v) is 12.2. The molecule has 0 saturated heterocycles. The van der Waals surface area contributed by atoms with Crippen molar-refractivity contribution in [2.24, 2.45) is 0 Å². The van der Waals surface area contributed by atoms with Crippen LogP contribution in [-0.4, -0.2) is 111 Å². The van der Waals surface area contributed by atoms with E-state index in [2.05, 4.69) is 0 Å². The van der Waals surface area contributed by atoms with E-state index in [1.807, 2.05) is 100 Å². The van der Waals surface area contributed by atoms with Crippen LogP contribution in [0.4, 0.5) is 0 Å². The molecule has 10 rings (SSSR count). The lowest BCUT2D eigenvalue weighted by atomic mass is 9.70. The molecule has 0 spiro atoms. The molecule has 63 heavy (non-hydrogen) atoms. The quantitative estimate of drug-likeness (QED) is 0.168. The van der Waals surface area contributed by atoms with Gasteiger partial charge >= 0.3 is 0 Å². The van der Waals surface area contributed by atoms with Gasteiger partial charge in [-0.1, -0.05) is 151 Å². The highest BCUT2D eigenvalue weighted by molar-refractivity contribution is 6.63. The van der Waals surface area contributed by atoms with Gasteiger partial charge in [0.15, 0.2) is 0 Å². The van der Waals surface area contributed by atoms with Crippen molar-refractivity contribution in [1.82, 2.24) is 9.13 Å². The minimum Gasteiger partial charge on any atom is -0.311 e. The average molecular weight is 764 g/mol. The number of benzene rings is 8. The third kappa shape index (κ3) is 6.12. The number of hydrogen-bond donors (Lipinski definition) is 0. The van der Waals surface area contributed by atoms with E-state index in [9.17, 15) is 0 Å². The minimum absolute atomic E-state index is 0.230. The molecule has 2 heterocycles. The predicted octanol–water partition coefficient (Wildman–Crippen LogP) is -2.80. The third-order valence-electron chi connectivity index (χ3n) is 12.2. The SMILES string of the molecule is [B]c1ccccc1-c1cc(-c2ccccc2[B])c([B])c(-n2c3c([B])cc([B])c([B])c3c3c([B])c(-c4cc([B])c5c(c4[B])c4c([B])c([B])cc([B])c4n5-c4ccccc4)cc([B])c32)c1. The van der Waals surface area contributed by atoms with Crippen LogP contribution < -0.4 is 71.0 Å². The lowest BCUT2D eigenvalue weighted by Gasteiger charge is -2.22. The molecule has 260 valence electrons. The Morgan fingerprint density at radius 1 is 0.270 bits per heavy atom. The van der Waals surface area contributed by atoms with E-state index in [0.29, 0.717) is 115 Å². The lowest BCUT2D eigenvalue weighted by molar-refractivity contribution is 1.19. The first kappa shape index (κ1) is 41.2. The van der Waals surface area contributed by atoms with Crippen LogP contribution in [0.1, 0.15) is 0 Å². The molecule has 15 heteroatoms. The minimum atomic E-state index is 0.230. The van der Waals surface area contributed by atoms with Crippen LogP contribution in [0.2, 0.25) is 0 Å². The Morgan fingerprint density at radius 2 is 0.667 bits per heavy atom. The number of nitrogens with zero attached hydrogens (tertiary/aromatic N) is 2. The molecule has 0 aliphatic carbocycles. The molecule has 0 amide bonds. The Hall–Kier alpha value is -5.80. The fraction of sp³-hybridized carbons (Fsp3) is 0. The highest BCUT2D eigenvalue weighted by Crippen LogP contribution is 2.35. The summed E-state index contributed by atoms with van der Waals surface area (Å²) in [7, 11) is 89.7. The van der Waals surface area contributed by atoms with E-state index in [4.69, 9.17) is 102 Å². The van der Waals surface area contributed by atoms with Gasteiger partial charge in [-0.05, 0) is 68.4 Å². The van der Waals surface area contributed by atoms with E-state index in [-0.39, 0.29) is 27.3 Å². The summed E-state index contributed by atoms with van der Waals surface area (Å²) in [6.45, 7) is 0. The fourth-order valence-electron chi connectivity index (χ4n) is 9.30. The van der Waals surface area contributed by atoms with Gasteiger partial charge in [0.2, 0.25) is 0 Å². The molecule has 0 unspecified atom stereocenters. The molecule has 0 saturated carbocycles. The maximum absolute atomic E-state index is 7.38. The van der Waals surface area contributed by atoms with E-state index in [1.165, 1.54) is 0 Å². The van der Waals surface area contributed by atoms with Crippen LogP contribution in [0.25, 0.3) is 88.4 Å². The number of rotatable bonds is 5. The summed E-state index contributed by atoms with van der Waals surface area (Å²) in [5.41, 5.74) is 11.6. The van der Waals surface area contributed by atoms with E-state index >= 15 is 0 Å². The molecule has 0 N–H and O–H groups in total. The monoisotopic (exact) mass is 766 g/mol. The zero-order valence-electron chi connectivity index (χ0n) is 33.9. The Bertz CT molecular complexity index is 3610. The summed E-state index contributed by atoms with van der Waals surface area (Å²) in [5, 5.41) is 1.98. The van der Waals surface area contributed by atoms with Gasteiger partial charge in [-0.2, -0.15) is 0 Å². The van der Waals surface area contributed by atoms with Crippen LogP contribution in [0.3, 0.4) is 0 Å². The second-order valence-electron chi connectivity index (χ2n) is 15.8. The maximum Gasteiger partial charge on any atom is 0.117 e. The van der Waals surface area contributed by atoms with Crippen LogP contribution in [0.15, 0.2) is 115 Å². The Morgan fingerprint density at radius 3 is 1.16 bits per heavy atom. The van der Waals surface area contributed by atoms with Crippen molar-refractivity contribution in [1.29, 1.82) is 0 Å². The number of hydrogen-bond acceptors (Lipinski definition) is 0. The molecule has 26 radical (unpaired) electrons. The van der Waals surface area contributed by atoms with Gasteiger partial charge in [-0.15, -0.1) is 10.9 Å². The highest BCUT2D eigenvalue weighted by atomic mass is 15.0. The zero-order valence-corrected chi connectivity index (χ0v) is 33.9. The molecule has 0 aliphatic heterocycles. The summed E-state index contributed by atoms with van der Waals surface area (Å²) in [4.78, 5) is 0. The van der Waals surface area contributed by atoms with Crippen LogP contribution in [0, 0.1) is 0 Å². The summed E-state index contributed by atoms with van der Waals surface area (Å²) in [6, 6.07) is 35.2. The van der Waals surface area contributed by atoms with Crippen molar-refractivity contribution in [3.63, 3.8) is 0 Å². The average Bonchev–Trinajstić information content (AvgIpc) is 3.83. The summed E-state index contributed by atoms with van der Waals surface area (Å²) in [6.07, 6.45) is 0. The summed E-state index contributed by atoms with van der Waals surface area (Å²) >= 11 is 0. The maximum atomic E-state index is 7.38. The Kier molecular flexibility index (Phi) is 9.94. The molecule has 0 fully saturated rings. The standard InChI is InChI=1S/C48H19B13N2/c49-27-12-6-4-10-22(27)20-14-24(23-11-5-7-13-28(23)50)40(57)35(15-20)63-47-32(54)17-26(42(59)37(47)39-44(61)30(52)19-34(56)48(39)63)25-16-31(53)45-36(41(25)58)38-43(60)29(51)18-33(55)46(38)62(45)21-8-2-1-3-9-21/h1-19H. The molecule has 2 aromatic heterocycles. The zero-order chi connectivity index (χ0) is 44.3. The van der Waals surface area contributed by atoms with Crippen molar-refractivity contribution in [2.45, 2.75) is 0 Å². The number of fused-ring (bicyclic) bond motifs is 6. The van der Waals surface area contributed by atoms with Crippen molar-refractivity contribution in [2.75, 3.05) is 0 Å². The molecule has 0 bridgehead atoms. The molecular weight excluding hydrogens is 745 g/mol. The van der Waals surface area contributed by atoms with Crippen LogP contribution in [0.5, 0.6) is 0 Å². The highest BCUT2D eigenvalue weighted by Gasteiger charge is 2.26. The predicted molar refractivity (Wildman–Crippen MR) is 281 cm³/mol. The van der Waals surface area contributed by atoms with Gasteiger partial charge in [-0.3, -0.25) is 0 Å². The first-order valence-corrected chi connectivity index (χ1v) is 19.9. The molecular formula is C48H19B13N2. The van der Waals surface area contributed by atoms with Crippen molar-refractivity contribution >= 4 is 217 Å². The lowest BCUT2D eigenvalue weighted by Crippen LogP contribution is -2.32. The smallest absolute Gasteiger partial charge is 0.117 e. The second kappa shape index (κ2) is 15.2.